The number of rotatable bonds is 1. The Morgan fingerprint density at radius 2 is 1.94 bits per heavy atom. The lowest BCUT2D eigenvalue weighted by molar-refractivity contribution is -0.141. The molecule has 2 rings (SSSR count). The number of halogens is 3. The fraction of sp³-hybridized carbons (Fsp3) is 0.222. The lowest BCUT2D eigenvalue weighted by atomic mass is 10.3. The van der Waals surface area contributed by atoms with Gasteiger partial charge in [0.15, 0.2) is 5.82 Å². The van der Waals surface area contributed by atoms with Crippen LogP contribution in [0.25, 0.3) is 11.6 Å². The van der Waals surface area contributed by atoms with E-state index in [1.165, 1.54) is 12.1 Å². The first kappa shape index (κ1) is 10.6. The quantitative estimate of drug-likeness (QED) is 0.753. The Hall–Kier alpha value is -1.92. The van der Waals surface area contributed by atoms with Crippen LogP contribution in [0.5, 0.6) is 0 Å². The van der Waals surface area contributed by atoms with Gasteiger partial charge in [0.1, 0.15) is 11.4 Å². The summed E-state index contributed by atoms with van der Waals surface area (Å²) in [7, 11) is 0. The van der Waals surface area contributed by atoms with E-state index in [0.29, 0.717) is 5.82 Å². The molecule has 0 aliphatic heterocycles. The van der Waals surface area contributed by atoms with Crippen molar-refractivity contribution in [3.8, 4) is 11.6 Å². The topological polar surface area (TPSA) is 51.8 Å². The van der Waals surface area contributed by atoms with E-state index in [-0.39, 0.29) is 11.6 Å². The highest BCUT2D eigenvalue weighted by Gasteiger charge is 2.32. The third kappa shape index (κ3) is 2.02. The summed E-state index contributed by atoms with van der Waals surface area (Å²) in [6.45, 7) is 1.57. The fourth-order valence-electron chi connectivity index (χ4n) is 1.11. The summed E-state index contributed by atoms with van der Waals surface area (Å²) in [5.74, 6) is 0.317. The van der Waals surface area contributed by atoms with E-state index in [0.717, 1.165) is 6.07 Å². The highest BCUT2D eigenvalue weighted by Crippen LogP contribution is 2.28. The van der Waals surface area contributed by atoms with Gasteiger partial charge in [-0.1, -0.05) is 11.2 Å². The van der Waals surface area contributed by atoms with Gasteiger partial charge in [0.05, 0.1) is 0 Å². The van der Waals surface area contributed by atoms with Crippen molar-refractivity contribution in [3.05, 3.63) is 29.7 Å². The van der Waals surface area contributed by atoms with Crippen molar-refractivity contribution in [2.24, 2.45) is 0 Å². The zero-order valence-electron chi connectivity index (χ0n) is 8.12. The first-order chi connectivity index (χ1) is 7.47. The van der Waals surface area contributed by atoms with Crippen molar-refractivity contribution in [1.29, 1.82) is 0 Å². The molecule has 0 N–H and O–H groups in total. The smallest absolute Gasteiger partial charge is 0.332 e. The van der Waals surface area contributed by atoms with Gasteiger partial charge in [0.25, 0.3) is 5.89 Å². The van der Waals surface area contributed by atoms with E-state index in [4.69, 9.17) is 4.52 Å². The molecular formula is C9H6F3N3O. The van der Waals surface area contributed by atoms with E-state index >= 15 is 0 Å². The number of aromatic nitrogens is 3. The van der Waals surface area contributed by atoms with Crippen LogP contribution in [-0.2, 0) is 6.18 Å². The van der Waals surface area contributed by atoms with Crippen LogP contribution in [0.15, 0.2) is 22.7 Å². The highest BCUT2D eigenvalue weighted by atomic mass is 19.4. The molecule has 16 heavy (non-hydrogen) atoms. The number of alkyl halides is 3. The van der Waals surface area contributed by atoms with Crippen molar-refractivity contribution in [2.75, 3.05) is 0 Å². The van der Waals surface area contributed by atoms with Gasteiger partial charge in [-0.05, 0) is 19.1 Å². The molecule has 2 aromatic heterocycles. The first-order valence-corrected chi connectivity index (χ1v) is 4.32. The van der Waals surface area contributed by atoms with Gasteiger partial charge < -0.3 is 4.52 Å². The lowest BCUT2D eigenvalue weighted by Crippen LogP contribution is -2.08. The Morgan fingerprint density at radius 3 is 2.50 bits per heavy atom. The molecule has 0 atom stereocenters. The molecule has 0 unspecified atom stereocenters. The molecule has 0 aliphatic carbocycles. The molecule has 0 radical (unpaired) electrons. The summed E-state index contributed by atoms with van der Waals surface area (Å²) in [5.41, 5.74) is -0.976. The van der Waals surface area contributed by atoms with Crippen molar-refractivity contribution < 1.29 is 17.7 Å². The molecule has 7 heteroatoms. The van der Waals surface area contributed by atoms with Crippen molar-refractivity contribution in [1.82, 2.24) is 15.1 Å². The van der Waals surface area contributed by atoms with Crippen molar-refractivity contribution >= 4 is 0 Å². The predicted octanol–water partition coefficient (Wildman–Crippen LogP) is 2.46. The molecule has 0 saturated carbocycles. The molecule has 0 saturated heterocycles. The summed E-state index contributed by atoms with van der Waals surface area (Å²) in [5, 5.41) is 3.48. The standard InChI is InChI=1S/C9H6F3N3O/c1-5-13-8(16-15-5)6-3-2-4-7(14-6)9(10,11)12/h2-4H,1H3. The molecule has 4 nitrogen and oxygen atoms in total. The number of nitrogens with zero attached hydrogens (tertiary/aromatic N) is 3. The largest absolute Gasteiger partial charge is 0.433 e. The lowest BCUT2D eigenvalue weighted by Gasteiger charge is -2.05. The summed E-state index contributed by atoms with van der Waals surface area (Å²) in [4.78, 5) is 7.20. The van der Waals surface area contributed by atoms with Crippen molar-refractivity contribution in [3.63, 3.8) is 0 Å². The average Bonchev–Trinajstić information content (AvgIpc) is 2.64. The third-order valence-electron chi connectivity index (χ3n) is 1.79. The van der Waals surface area contributed by atoms with E-state index in [1.807, 2.05) is 0 Å². The Balaban J connectivity index is 2.44. The summed E-state index contributed by atoms with van der Waals surface area (Å²) >= 11 is 0. The van der Waals surface area contributed by atoms with Crippen LogP contribution in [0.4, 0.5) is 13.2 Å². The van der Waals surface area contributed by atoms with Gasteiger partial charge in [-0.15, -0.1) is 0 Å². The summed E-state index contributed by atoms with van der Waals surface area (Å²) in [6, 6.07) is 3.50. The Bertz CT molecular complexity index is 507. The minimum atomic E-state index is -4.48. The van der Waals surface area contributed by atoms with Gasteiger partial charge in [0, 0.05) is 0 Å². The van der Waals surface area contributed by atoms with Crippen LogP contribution < -0.4 is 0 Å². The molecule has 0 aromatic carbocycles. The molecule has 0 spiro atoms. The third-order valence-corrected chi connectivity index (χ3v) is 1.79. The Labute approximate surface area is 88.1 Å². The van der Waals surface area contributed by atoms with Crippen LogP contribution in [0.2, 0.25) is 0 Å². The highest BCUT2D eigenvalue weighted by molar-refractivity contribution is 5.46. The second-order valence-corrected chi connectivity index (χ2v) is 3.05. The molecule has 2 heterocycles. The zero-order chi connectivity index (χ0) is 11.8. The Morgan fingerprint density at radius 1 is 1.19 bits per heavy atom. The van der Waals surface area contributed by atoms with Crippen molar-refractivity contribution in [2.45, 2.75) is 13.1 Å². The summed E-state index contributed by atoms with van der Waals surface area (Å²) < 4.78 is 41.8. The van der Waals surface area contributed by atoms with Crippen LogP contribution >= 0.6 is 0 Å². The molecule has 2 aromatic rings. The van der Waals surface area contributed by atoms with Gasteiger partial charge in [0.2, 0.25) is 0 Å². The van der Waals surface area contributed by atoms with E-state index in [9.17, 15) is 13.2 Å². The minimum Gasteiger partial charge on any atom is -0.332 e. The molecule has 0 fully saturated rings. The average molecular weight is 229 g/mol. The maximum Gasteiger partial charge on any atom is 0.433 e. The van der Waals surface area contributed by atoms with Crippen LogP contribution in [0.1, 0.15) is 11.5 Å². The Kier molecular flexibility index (Phi) is 2.37. The summed E-state index contributed by atoms with van der Waals surface area (Å²) in [6.07, 6.45) is -4.48. The van der Waals surface area contributed by atoms with E-state index in [1.54, 1.807) is 6.92 Å². The molecule has 0 aliphatic rings. The first-order valence-electron chi connectivity index (χ1n) is 4.32. The SMILES string of the molecule is Cc1noc(-c2cccc(C(F)(F)F)n2)n1. The number of aryl methyl sites for hydroxylation is 1. The fourth-order valence-corrected chi connectivity index (χ4v) is 1.11. The van der Waals surface area contributed by atoms with Gasteiger partial charge in [-0.2, -0.15) is 18.2 Å². The van der Waals surface area contributed by atoms with Gasteiger partial charge in [-0.25, -0.2) is 4.98 Å². The molecular weight excluding hydrogens is 223 g/mol. The number of hydrogen-bond donors (Lipinski definition) is 0. The second-order valence-electron chi connectivity index (χ2n) is 3.05. The number of hydrogen-bond acceptors (Lipinski definition) is 4. The molecule has 0 amide bonds. The second kappa shape index (κ2) is 3.58. The van der Waals surface area contributed by atoms with Crippen LogP contribution in [0.3, 0.4) is 0 Å². The predicted molar refractivity (Wildman–Crippen MR) is 47.3 cm³/mol. The van der Waals surface area contributed by atoms with Crippen LogP contribution in [0, 0.1) is 6.92 Å². The number of pyridine rings is 1. The maximum atomic E-state index is 12.4. The van der Waals surface area contributed by atoms with Gasteiger partial charge in [-0.3, -0.25) is 0 Å². The van der Waals surface area contributed by atoms with Gasteiger partial charge >= 0.3 is 6.18 Å². The van der Waals surface area contributed by atoms with E-state index < -0.39 is 11.9 Å². The van der Waals surface area contributed by atoms with Crippen LogP contribution in [-0.4, -0.2) is 15.1 Å². The molecule has 0 bridgehead atoms. The zero-order valence-corrected chi connectivity index (χ0v) is 8.12. The molecule has 84 valence electrons. The maximum absolute atomic E-state index is 12.4. The normalized spacial score (nSPS) is 11.8. The van der Waals surface area contributed by atoms with E-state index in [2.05, 4.69) is 15.1 Å². The minimum absolute atomic E-state index is 0.00965. The monoisotopic (exact) mass is 229 g/mol.